The van der Waals surface area contributed by atoms with Crippen molar-refractivity contribution in [2.75, 3.05) is 0 Å². The van der Waals surface area contributed by atoms with E-state index in [1.54, 1.807) is 0 Å². The van der Waals surface area contributed by atoms with Crippen LogP contribution in [0.3, 0.4) is 0 Å². The Morgan fingerprint density at radius 1 is 0.750 bits per heavy atom. The zero-order chi connectivity index (χ0) is 9.07. The Balaban J connectivity index is 0.000000202. The van der Waals surface area contributed by atoms with Crippen LogP contribution in [-0.2, 0) is 9.47 Å². The molecule has 2 nitrogen and oxygen atoms in total. The van der Waals surface area contributed by atoms with Crippen molar-refractivity contribution >= 4 is 0 Å². The van der Waals surface area contributed by atoms with Crippen LogP contribution in [-0.4, -0.2) is 0 Å². The van der Waals surface area contributed by atoms with Gasteiger partial charge in [-0.3, -0.25) is 0 Å². The van der Waals surface area contributed by atoms with Crippen LogP contribution in [0.25, 0.3) is 0 Å². The van der Waals surface area contributed by atoms with E-state index in [0.29, 0.717) is 0 Å². The molecule has 0 unspecified atom stereocenters. The molecule has 0 saturated heterocycles. The maximum absolute atomic E-state index is 4.58. The molecule has 0 fully saturated rings. The monoisotopic (exact) mass is 170 g/mol. The van der Waals surface area contributed by atoms with Gasteiger partial charge in [0.2, 0.25) is 0 Å². The van der Waals surface area contributed by atoms with E-state index in [2.05, 4.69) is 23.3 Å². The third-order valence-electron chi connectivity index (χ3n) is 1.38. The number of hydrogen-bond donors (Lipinski definition) is 0. The lowest BCUT2D eigenvalue weighted by molar-refractivity contribution is 0.290. The van der Waals surface area contributed by atoms with Crippen molar-refractivity contribution in [3.63, 3.8) is 0 Å². The molecule has 0 aromatic rings. The lowest BCUT2D eigenvalue weighted by atomic mass is 10.2. The van der Waals surface area contributed by atoms with E-state index in [0.717, 1.165) is 0 Å². The summed E-state index contributed by atoms with van der Waals surface area (Å²) in [6, 6.07) is 0. The molecule has 0 aliphatic carbocycles. The number of ether oxygens (including phenoxy) is 2. The first kappa shape index (κ1) is 11.1. The molecular weight excluding hydrogens is 152 g/mol. The van der Waals surface area contributed by atoms with E-state index in [9.17, 15) is 0 Å². The Hall–Kier alpha value is -0.920. The summed E-state index contributed by atoms with van der Waals surface area (Å²) in [6.45, 7) is 4.46. The highest BCUT2D eigenvalue weighted by Gasteiger charge is 1.75. The minimum atomic E-state index is 1.36. The SMILES string of the molecule is C1=COC=CO1.CCCCCC. The van der Waals surface area contributed by atoms with Gasteiger partial charge in [0.05, 0.1) is 0 Å². The summed E-state index contributed by atoms with van der Waals surface area (Å²) in [5.74, 6) is 0. The van der Waals surface area contributed by atoms with Crippen LogP contribution in [0.5, 0.6) is 0 Å². The predicted octanol–water partition coefficient (Wildman–Crippen LogP) is 3.56. The largest absolute Gasteiger partial charge is 0.466 e. The van der Waals surface area contributed by atoms with Crippen LogP contribution < -0.4 is 0 Å². The zero-order valence-corrected chi connectivity index (χ0v) is 7.95. The highest BCUT2D eigenvalue weighted by atomic mass is 16.5. The molecule has 70 valence electrons. The molecule has 0 radical (unpaired) electrons. The molecule has 1 heterocycles. The molecule has 0 bridgehead atoms. The molecule has 1 aliphatic rings. The average molecular weight is 170 g/mol. The first-order valence-corrected chi connectivity index (χ1v) is 4.52. The maximum Gasteiger partial charge on any atom is 0.125 e. The van der Waals surface area contributed by atoms with E-state index >= 15 is 0 Å². The van der Waals surface area contributed by atoms with E-state index in [-0.39, 0.29) is 0 Å². The van der Waals surface area contributed by atoms with Crippen LogP contribution in [0.2, 0.25) is 0 Å². The smallest absolute Gasteiger partial charge is 0.125 e. The Morgan fingerprint density at radius 2 is 1.08 bits per heavy atom. The lowest BCUT2D eigenvalue weighted by Gasteiger charge is -1.94. The quantitative estimate of drug-likeness (QED) is 0.603. The summed E-state index contributed by atoms with van der Waals surface area (Å²) >= 11 is 0. The van der Waals surface area contributed by atoms with Gasteiger partial charge in [-0.2, -0.15) is 0 Å². The Labute approximate surface area is 74.9 Å². The van der Waals surface area contributed by atoms with Gasteiger partial charge in [0.25, 0.3) is 0 Å². The number of unbranched alkanes of at least 4 members (excludes halogenated alkanes) is 3. The highest BCUT2D eigenvalue weighted by molar-refractivity contribution is 4.77. The fourth-order valence-electron chi connectivity index (χ4n) is 0.719. The Morgan fingerprint density at radius 3 is 1.25 bits per heavy atom. The van der Waals surface area contributed by atoms with Crippen molar-refractivity contribution in [1.29, 1.82) is 0 Å². The van der Waals surface area contributed by atoms with E-state index < -0.39 is 0 Å². The van der Waals surface area contributed by atoms with Gasteiger partial charge in [-0.05, 0) is 0 Å². The third kappa shape index (κ3) is 9.08. The second-order valence-electron chi connectivity index (χ2n) is 2.52. The summed E-state index contributed by atoms with van der Waals surface area (Å²) in [7, 11) is 0. The van der Waals surface area contributed by atoms with Gasteiger partial charge < -0.3 is 9.47 Å². The van der Waals surface area contributed by atoms with E-state index in [4.69, 9.17) is 0 Å². The second kappa shape index (κ2) is 10.1. The number of hydrogen-bond acceptors (Lipinski definition) is 2. The molecule has 0 amide bonds. The van der Waals surface area contributed by atoms with E-state index in [1.165, 1.54) is 50.7 Å². The molecule has 1 aliphatic heterocycles. The van der Waals surface area contributed by atoms with Gasteiger partial charge in [0.1, 0.15) is 25.0 Å². The van der Waals surface area contributed by atoms with Gasteiger partial charge in [-0.1, -0.05) is 39.5 Å². The summed E-state index contributed by atoms with van der Waals surface area (Å²) in [5.41, 5.74) is 0. The standard InChI is InChI=1S/C6H14.C4H4O2/c1-3-5-6-4-2;1-2-6-4-3-5-1/h3-6H2,1-2H3;1-4H. The highest BCUT2D eigenvalue weighted by Crippen LogP contribution is 1.95. The van der Waals surface area contributed by atoms with Crippen molar-refractivity contribution in [3.8, 4) is 0 Å². The minimum Gasteiger partial charge on any atom is -0.466 e. The molecule has 0 saturated carbocycles. The zero-order valence-electron chi connectivity index (χ0n) is 7.95. The fourth-order valence-corrected chi connectivity index (χ4v) is 0.719. The maximum atomic E-state index is 4.58. The van der Waals surface area contributed by atoms with Crippen molar-refractivity contribution in [3.05, 3.63) is 25.0 Å². The van der Waals surface area contributed by atoms with Crippen molar-refractivity contribution in [2.45, 2.75) is 39.5 Å². The average Bonchev–Trinajstić information content (AvgIpc) is 2.18. The lowest BCUT2D eigenvalue weighted by Crippen LogP contribution is -1.74. The van der Waals surface area contributed by atoms with Crippen molar-refractivity contribution < 1.29 is 9.47 Å². The van der Waals surface area contributed by atoms with Crippen molar-refractivity contribution in [1.82, 2.24) is 0 Å². The fraction of sp³-hybridized carbons (Fsp3) is 0.600. The topological polar surface area (TPSA) is 18.5 Å². The summed E-state index contributed by atoms with van der Waals surface area (Å²) in [4.78, 5) is 0. The molecule has 12 heavy (non-hydrogen) atoms. The minimum absolute atomic E-state index is 1.36. The van der Waals surface area contributed by atoms with Gasteiger partial charge in [-0.15, -0.1) is 0 Å². The third-order valence-corrected chi connectivity index (χ3v) is 1.38. The van der Waals surface area contributed by atoms with Crippen LogP contribution in [0.1, 0.15) is 39.5 Å². The van der Waals surface area contributed by atoms with Gasteiger partial charge >= 0.3 is 0 Å². The normalized spacial score (nSPS) is 12.5. The Kier molecular flexibility index (Phi) is 9.31. The first-order chi connectivity index (χ1) is 5.91. The molecule has 0 N–H and O–H groups in total. The predicted molar refractivity (Wildman–Crippen MR) is 50.3 cm³/mol. The Bertz CT molecular complexity index is 104. The molecular formula is C10H18O2. The van der Waals surface area contributed by atoms with Gasteiger partial charge in [0.15, 0.2) is 0 Å². The van der Waals surface area contributed by atoms with Gasteiger partial charge in [0, 0.05) is 0 Å². The molecule has 0 atom stereocenters. The van der Waals surface area contributed by atoms with E-state index in [1.807, 2.05) is 0 Å². The van der Waals surface area contributed by atoms with Crippen LogP contribution in [0.15, 0.2) is 25.0 Å². The summed E-state index contributed by atoms with van der Waals surface area (Å²) in [5, 5.41) is 0. The van der Waals surface area contributed by atoms with Crippen molar-refractivity contribution in [2.24, 2.45) is 0 Å². The number of rotatable bonds is 3. The molecule has 2 heteroatoms. The van der Waals surface area contributed by atoms with Crippen LogP contribution in [0, 0.1) is 0 Å². The molecule has 0 aromatic heterocycles. The summed E-state index contributed by atoms with van der Waals surface area (Å²) < 4.78 is 9.17. The van der Waals surface area contributed by atoms with Crippen LogP contribution in [0.4, 0.5) is 0 Å². The van der Waals surface area contributed by atoms with Gasteiger partial charge in [-0.25, -0.2) is 0 Å². The van der Waals surface area contributed by atoms with Crippen LogP contribution >= 0.6 is 0 Å². The first-order valence-electron chi connectivity index (χ1n) is 4.52. The molecule has 0 aromatic carbocycles. The molecule has 1 rings (SSSR count). The second-order valence-corrected chi connectivity index (χ2v) is 2.52. The molecule has 0 spiro atoms. The summed E-state index contributed by atoms with van der Waals surface area (Å²) in [6.07, 6.45) is 11.4.